The van der Waals surface area contributed by atoms with Crippen molar-refractivity contribution in [2.45, 2.75) is 32.2 Å². The summed E-state index contributed by atoms with van der Waals surface area (Å²) in [5.74, 6) is 0.565. The zero-order valence-corrected chi connectivity index (χ0v) is 16.9. The SMILES string of the molecule is COc1cc(OC)c(CN2CCCC3(CCC(=O)N(C(=O)O)C3=O)C2)c(OC)c1. The molecule has 1 N–H and O–H groups in total. The molecule has 29 heavy (non-hydrogen) atoms. The molecule has 0 bridgehead atoms. The van der Waals surface area contributed by atoms with E-state index >= 15 is 0 Å². The largest absolute Gasteiger partial charge is 0.496 e. The second-order valence-corrected chi connectivity index (χ2v) is 7.42. The molecule has 2 saturated heterocycles. The van der Waals surface area contributed by atoms with Gasteiger partial charge in [-0.2, -0.15) is 4.90 Å². The van der Waals surface area contributed by atoms with Crippen LogP contribution in [0.5, 0.6) is 17.2 Å². The lowest BCUT2D eigenvalue weighted by molar-refractivity contribution is -0.157. The topological polar surface area (TPSA) is 106 Å². The molecule has 2 heterocycles. The highest BCUT2D eigenvalue weighted by molar-refractivity contribution is 6.11. The molecule has 0 aliphatic carbocycles. The lowest BCUT2D eigenvalue weighted by Gasteiger charge is -2.45. The lowest BCUT2D eigenvalue weighted by atomic mass is 9.72. The molecule has 158 valence electrons. The first-order valence-corrected chi connectivity index (χ1v) is 9.47. The number of amides is 3. The van der Waals surface area contributed by atoms with E-state index in [1.165, 1.54) is 0 Å². The van der Waals surface area contributed by atoms with Crippen LogP contribution >= 0.6 is 0 Å². The van der Waals surface area contributed by atoms with Crippen LogP contribution in [0, 0.1) is 5.41 Å². The van der Waals surface area contributed by atoms with Gasteiger partial charge in [0.05, 0.1) is 32.3 Å². The summed E-state index contributed by atoms with van der Waals surface area (Å²) >= 11 is 0. The maximum absolute atomic E-state index is 12.9. The number of piperidine rings is 2. The Morgan fingerprint density at radius 3 is 2.31 bits per heavy atom. The molecule has 1 spiro atoms. The second-order valence-electron chi connectivity index (χ2n) is 7.42. The van der Waals surface area contributed by atoms with Crippen molar-refractivity contribution in [3.63, 3.8) is 0 Å². The van der Waals surface area contributed by atoms with Crippen molar-refractivity contribution < 1.29 is 33.7 Å². The number of benzene rings is 1. The van der Waals surface area contributed by atoms with Crippen LogP contribution in [0.25, 0.3) is 0 Å². The molecule has 2 aliphatic heterocycles. The fourth-order valence-corrected chi connectivity index (χ4v) is 4.31. The Labute approximate surface area is 169 Å². The molecule has 1 aromatic rings. The van der Waals surface area contributed by atoms with E-state index < -0.39 is 23.3 Å². The number of ether oxygens (including phenoxy) is 3. The van der Waals surface area contributed by atoms with Crippen molar-refractivity contribution in [2.75, 3.05) is 34.4 Å². The summed E-state index contributed by atoms with van der Waals surface area (Å²) in [6, 6.07) is 3.54. The summed E-state index contributed by atoms with van der Waals surface area (Å²) in [5.41, 5.74) is -0.0420. The molecule has 1 atom stereocenters. The van der Waals surface area contributed by atoms with E-state index in [0.717, 1.165) is 18.5 Å². The van der Waals surface area contributed by atoms with Gasteiger partial charge in [-0.25, -0.2) is 4.79 Å². The van der Waals surface area contributed by atoms with E-state index in [-0.39, 0.29) is 6.42 Å². The maximum Gasteiger partial charge on any atom is 0.421 e. The Morgan fingerprint density at radius 2 is 1.76 bits per heavy atom. The number of carboxylic acid groups (broad SMARTS) is 1. The number of imide groups is 3. The standard InChI is InChI=1S/C20H26N2O7/c1-27-13-9-15(28-2)14(16(10-13)29-3)11-21-8-4-6-20(12-21)7-5-17(23)22(18(20)24)19(25)26/h9-10H,4-8,11-12H2,1-3H3,(H,25,26). The van der Waals surface area contributed by atoms with Crippen molar-refractivity contribution in [1.82, 2.24) is 9.80 Å². The predicted molar refractivity (Wildman–Crippen MR) is 102 cm³/mol. The Hall–Kier alpha value is -2.81. The molecule has 0 radical (unpaired) electrons. The molecule has 3 rings (SSSR count). The van der Waals surface area contributed by atoms with Crippen LogP contribution in [0.15, 0.2) is 12.1 Å². The highest BCUT2D eigenvalue weighted by Crippen LogP contribution is 2.42. The van der Waals surface area contributed by atoms with Gasteiger partial charge in [-0.05, 0) is 25.8 Å². The van der Waals surface area contributed by atoms with Gasteiger partial charge in [-0.3, -0.25) is 14.5 Å². The van der Waals surface area contributed by atoms with Crippen molar-refractivity contribution in [3.05, 3.63) is 17.7 Å². The number of methoxy groups -OCH3 is 3. The summed E-state index contributed by atoms with van der Waals surface area (Å²) in [6.45, 7) is 1.59. The molecular weight excluding hydrogens is 380 g/mol. The van der Waals surface area contributed by atoms with Crippen molar-refractivity contribution in [3.8, 4) is 17.2 Å². The first-order valence-electron chi connectivity index (χ1n) is 9.47. The van der Waals surface area contributed by atoms with Gasteiger partial charge in [-0.15, -0.1) is 0 Å². The van der Waals surface area contributed by atoms with E-state index in [1.807, 2.05) is 0 Å². The molecule has 9 heteroatoms. The van der Waals surface area contributed by atoms with Crippen LogP contribution in [-0.4, -0.2) is 67.2 Å². The Bertz CT molecular complexity index is 800. The lowest BCUT2D eigenvalue weighted by Crippen LogP contribution is -2.58. The average molecular weight is 406 g/mol. The number of carbonyl (C=O) groups is 3. The van der Waals surface area contributed by atoms with E-state index in [4.69, 9.17) is 14.2 Å². The molecule has 2 fully saturated rings. The molecule has 2 aliphatic rings. The molecule has 3 amide bonds. The fourth-order valence-electron chi connectivity index (χ4n) is 4.31. The third kappa shape index (κ3) is 3.87. The van der Waals surface area contributed by atoms with E-state index in [9.17, 15) is 19.5 Å². The highest BCUT2D eigenvalue weighted by Gasteiger charge is 2.51. The van der Waals surface area contributed by atoms with E-state index in [2.05, 4.69) is 4.90 Å². The summed E-state index contributed by atoms with van der Waals surface area (Å²) in [4.78, 5) is 38.8. The summed E-state index contributed by atoms with van der Waals surface area (Å²) < 4.78 is 16.3. The summed E-state index contributed by atoms with van der Waals surface area (Å²) in [6.07, 6.45) is 0.211. The maximum atomic E-state index is 12.9. The number of hydrogen-bond acceptors (Lipinski definition) is 7. The summed E-state index contributed by atoms with van der Waals surface area (Å²) in [7, 11) is 4.69. The van der Waals surface area contributed by atoms with Gasteiger partial charge in [0.2, 0.25) is 11.8 Å². The quantitative estimate of drug-likeness (QED) is 0.742. The first-order chi connectivity index (χ1) is 13.8. The fraction of sp³-hybridized carbons (Fsp3) is 0.550. The van der Waals surface area contributed by atoms with Gasteiger partial charge in [0.1, 0.15) is 17.2 Å². The van der Waals surface area contributed by atoms with Crippen molar-refractivity contribution in [2.24, 2.45) is 5.41 Å². The number of hydrogen-bond donors (Lipinski definition) is 1. The molecule has 1 aromatic carbocycles. The minimum absolute atomic E-state index is 0.0566. The third-order valence-corrected chi connectivity index (χ3v) is 5.77. The van der Waals surface area contributed by atoms with Gasteiger partial charge in [0, 0.05) is 31.6 Å². The van der Waals surface area contributed by atoms with Gasteiger partial charge in [0.25, 0.3) is 0 Å². The minimum Gasteiger partial charge on any atom is -0.496 e. The Morgan fingerprint density at radius 1 is 1.10 bits per heavy atom. The van der Waals surface area contributed by atoms with E-state index in [0.29, 0.717) is 48.1 Å². The molecule has 1 unspecified atom stereocenters. The summed E-state index contributed by atoms with van der Waals surface area (Å²) in [5, 5.41) is 9.31. The zero-order chi connectivity index (χ0) is 21.2. The van der Waals surface area contributed by atoms with Gasteiger partial charge < -0.3 is 19.3 Å². The molecular formula is C20H26N2O7. The highest BCUT2D eigenvalue weighted by atomic mass is 16.5. The van der Waals surface area contributed by atoms with Gasteiger partial charge in [0.15, 0.2) is 0 Å². The number of nitrogens with zero attached hydrogens (tertiary/aromatic N) is 2. The van der Waals surface area contributed by atoms with Crippen LogP contribution < -0.4 is 14.2 Å². The van der Waals surface area contributed by atoms with E-state index in [1.54, 1.807) is 33.5 Å². The Balaban J connectivity index is 1.86. The Kier molecular flexibility index (Phi) is 5.97. The van der Waals surface area contributed by atoms with Crippen molar-refractivity contribution in [1.29, 1.82) is 0 Å². The van der Waals surface area contributed by atoms with Crippen LogP contribution in [0.4, 0.5) is 4.79 Å². The molecule has 9 nitrogen and oxygen atoms in total. The van der Waals surface area contributed by atoms with Gasteiger partial charge in [-0.1, -0.05) is 0 Å². The minimum atomic E-state index is -1.50. The zero-order valence-electron chi connectivity index (χ0n) is 16.9. The van der Waals surface area contributed by atoms with Crippen LogP contribution in [0.3, 0.4) is 0 Å². The third-order valence-electron chi connectivity index (χ3n) is 5.77. The number of likely N-dealkylation sites (tertiary alicyclic amines) is 2. The molecule has 0 aromatic heterocycles. The first kappa shape index (κ1) is 20.9. The smallest absolute Gasteiger partial charge is 0.421 e. The normalized spacial score (nSPS) is 22.7. The average Bonchev–Trinajstić information content (AvgIpc) is 2.71. The molecule has 0 saturated carbocycles. The second kappa shape index (κ2) is 8.28. The van der Waals surface area contributed by atoms with Crippen LogP contribution in [0.1, 0.15) is 31.2 Å². The van der Waals surface area contributed by atoms with Crippen LogP contribution in [-0.2, 0) is 16.1 Å². The number of rotatable bonds is 5. The number of carbonyl (C=O) groups excluding carboxylic acids is 2. The van der Waals surface area contributed by atoms with Gasteiger partial charge >= 0.3 is 6.09 Å². The monoisotopic (exact) mass is 406 g/mol. The van der Waals surface area contributed by atoms with Crippen molar-refractivity contribution >= 4 is 17.9 Å². The predicted octanol–water partition coefficient (Wildman–Crippen LogP) is 2.12. The van der Waals surface area contributed by atoms with Crippen LogP contribution in [0.2, 0.25) is 0 Å².